The third-order valence-electron chi connectivity index (χ3n) is 4.68. The summed E-state index contributed by atoms with van der Waals surface area (Å²) in [5.74, 6) is 1.41. The third kappa shape index (κ3) is 5.06. The first kappa shape index (κ1) is 19.8. The Morgan fingerprint density at radius 3 is 2.48 bits per heavy atom. The molecule has 0 atom stereocenters. The molecule has 0 aromatic heterocycles. The fraction of sp³-hybridized carbons (Fsp3) is 0.350. The first-order valence-corrected chi connectivity index (χ1v) is 9.60. The summed E-state index contributed by atoms with van der Waals surface area (Å²) < 4.78 is 11.1. The van der Waals surface area contributed by atoms with Gasteiger partial charge in [-0.15, -0.1) is 0 Å². The highest BCUT2D eigenvalue weighted by Gasteiger charge is 2.17. The maximum Gasteiger partial charge on any atom is 0.131 e. The lowest BCUT2D eigenvalue weighted by Gasteiger charge is -2.36. The summed E-state index contributed by atoms with van der Waals surface area (Å²) in [4.78, 5) is 4.71. The third-order valence-corrected chi connectivity index (χ3v) is 5.42. The number of hydrogen-bond donors (Lipinski definition) is 1. The van der Waals surface area contributed by atoms with Gasteiger partial charge in [-0.1, -0.05) is 23.2 Å². The number of rotatable bonds is 7. The van der Waals surface area contributed by atoms with Gasteiger partial charge in [0.05, 0.1) is 17.2 Å². The van der Waals surface area contributed by atoms with Crippen molar-refractivity contribution in [3.63, 3.8) is 0 Å². The molecular weight excluding hydrogens is 385 g/mol. The van der Waals surface area contributed by atoms with E-state index in [9.17, 15) is 0 Å². The molecule has 1 heterocycles. The van der Waals surface area contributed by atoms with Gasteiger partial charge in [0.2, 0.25) is 0 Å². The first-order chi connectivity index (χ1) is 13.1. The number of methoxy groups -OCH3 is 1. The Hall–Kier alpha value is -1.95. The second-order valence-corrected chi connectivity index (χ2v) is 7.14. The molecule has 0 radical (unpaired) electrons. The number of anilines is 1. The normalized spacial score (nSPS) is 14.9. The number of ether oxygens (including phenoxy) is 2. The van der Waals surface area contributed by atoms with Crippen LogP contribution in [0.15, 0.2) is 36.4 Å². The minimum absolute atomic E-state index is 0.585. The van der Waals surface area contributed by atoms with E-state index in [0.717, 1.165) is 49.7 Å². The lowest BCUT2D eigenvalue weighted by atomic mass is 10.2. The summed E-state index contributed by atoms with van der Waals surface area (Å²) in [6, 6.07) is 11.3. The molecule has 1 fully saturated rings. The summed E-state index contributed by atoms with van der Waals surface area (Å²) in [6.07, 6.45) is 1.27. The van der Waals surface area contributed by atoms with Crippen LogP contribution in [0, 0.1) is 5.41 Å². The van der Waals surface area contributed by atoms with Crippen LogP contribution >= 0.6 is 23.2 Å². The molecule has 0 unspecified atom stereocenters. The minimum atomic E-state index is 0.585. The molecule has 0 bridgehead atoms. The zero-order valence-corrected chi connectivity index (χ0v) is 16.8. The fourth-order valence-electron chi connectivity index (χ4n) is 3.10. The molecule has 1 aliphatic heterocycles. The SMILES string of the molecule is COc1cc(OCCN2CCN(c3ccc(Cl)c(Cl)c3)CC2)ccc1C=N. The van der Waals surface area contributed by atoms with Crippen LogP contribution < -0.4 is 14.4 Å². The van der Waals surface area contributed by atoms with E-state index in [1.807, 2.05) is 36.4 Å². The van der Waals surface area contributed by atoms with E-state index in [-0.39, 0.29) is 0 Å². The summed E-state index contributed by atoms with van der Waals surface area (Å²) in [5, 5.41) is 8.54. The number of nitrogens with zero attached hydrogens (tertiary/aromatic N) is 2. The van der Waals surface area contributed by atoms with Crippen molar-refractivity contribution in [2.75, 3.05) is 51.3 Å². The molecule has 2 aromatic carbocycles. The largest absolute Gasteiger partial charge is 0.496 e. The first-order valence-electron chi connectivity index (χ1n) is 8.84. The average molecular weight is 408 g/mol. The molecule has 0 saturated carbocycles. The Kier molecular flexibility index (Phi) is 6.83. The standard InChI is InChI=1S/C20H23Cl2N3O2/c1-26-20-13-17(4-2-15(20)14-23)27-11-10-24-6-8-25(9-7-24)16-3-5-18(21)19(22)12-16/h2-5,12-14,23H,6-11H2,1H3. The lowest BCUT2D eigenvalue weighted by Crippen LogP contribution is -2.47. The second kappa shape index (κ2) is 9.31. The van der Waals surface area contributed by atoms with E-state index in [2.05, 4.69) is 9.80 Å². The molecule has 2 aromatic rings. The summed E-state index contributed by atoms with van der Waals surface area (Å²) in [6.45, 7) is 5.31. The van der Waals surface area contributed by atoms with Gasteiger partial charge in [0.1, 0.15) is 18.1 Å². The predicted octanol–water partition coefficient (Wildman–Crippen LogP) is 4.20. The topological polar surface area (TPSA) is 48.8 Å². The van der Waals surface area contributed by atoms with Gasteiger partial charge in [0.15, 0.2) is 0 Å². The van der Waals surface area contributed by atoms with E-state index >= 15 is 0 Å². The Bertz CT molecular complexity index is 793. The minimum Gasteiger partial charge on any atom is -0.496 e. The monoisotopic (exact) mass is 407 g/mol. The number of benzene rings is 2. The van der Waals surface area contributed by atoms with Crippen molar-refractivity contribution in [2.45, 2.75) is 0 Å². The number of nitrogens with one attached hydrogen (secondary N) is 1. The van der Waals surface area contributed by atoms with E-state index in [4.69, 9.17) is 38.1 Å². The zero-order chi connectivity index (χ0) is 19.2. The van der Waals surface area contributed by atoms with Crippen LogP contribution in [0.3, 0.4) is 0 Å². The van der Waals surface area contributed by atoms with Gasteiger partial charge in [-0.2, -0.15) is 0 Å². The molecule has 0 aliphatic carbocycles. The van der Waals surface area contributed by atoms with Gasteiger partial charge < -0.3 is 19.8 Å². The molecule has 7 heteroatoms. The number of halogens is 2. The van der Waals surface area contributed by atoms with Crippen molar-refractivity contribution >= 4 is 35.1 Å². The van der Waals surface area contributed by atoms with E-state index in [0.29, 0.717) is 22.4 Å². The molecule has 1 saturated heterocycles. The molecule has 3 rings (SSSR count). The van der Waals surface area contributed by atoms with Crippen molar-refractivity contribution in [3.8, 4) is 11.5 Å². The van der Waals surface area contributed by atoms with Crippen LogP contribution in [0.4, 0.5) is 5.69 Å². The van der Waals surface area contributed by atoms with Crippen molar-refractivity contribution in [1.82, 2.24) is 4.90 Å². The van der Waals surface area contributed by atoms with Gasteiger partial charge in [0, 0.05) is 56.3 Å². The highest BCUT2D eigenvalue weighted by molar-refractivity contribution is 6.42. The van der Waals surface area contributed by atoms with Crippen molar-refractivity contribution in [1.29, 1.82) is 5.41 Å². The molecule has 0 amide bonds. The van der Waals surface area contributed by atoms with Gasteiger partial charge in [0.25, 0.3) is 0 Å². The van der Waals surface area contributed by atoms with Gasteiger partial charge >= 0.3 is 0 Å². The second-order valence-electron chi connectivity index (χ2n) is 6.32. The molecule has 144 valence electrons. The molecular formula is C20H23Cl2N3O2. The quantitative estimate of drug-likeness (QED) is 0.698. The maximum absolute atomic E-state index is 7.36. The molecule has 0 spiro atoms. The predicted molar refractivity (Wildman–Crippen MR) is 111 cm³/mol. The van der Waals surface area contributed by atoms with Crippen LogP contribution in [-0.4, -0.2) is 57.6 Å². The molecule has 5 nitrogen and oxygen atoms in total. The highest BCUT2D eigenvalue weighted by atomic mass is 35.5. The smallest absolute Gasteiger partial charge is 0.131 e. The van der Waals surface area contributed by atoms with Gasteiger partial charge in [-0.3, -0.25) is 4.90 Å². The average Bonchev–Trinajstić information content (AvgIpc) is 2.70. The Balaban J connectivity index is 1.46. The zero-order valence-electron chi connectivity index (χ0n) is 15.3. The van der Waals surface area contributed by atoms with Crippen molar-refractivity contribution in [3.05, 3.63) is 52.0 Å². The van der Waals surface area contributed by atoms with Crippen LogP contribution in [0.25, 0.3) is 0 Å². The maximum atomic E-state index is 7.36. The lowest BCUT2D eigenvalue weighted by molar-refractivity contribution is 0.200. The Morgan fingerprint density at radius 1 is 1.04 bits per heavy atom. The van der Waals surface area contributed by atoms with Crippen molar-refractivity contribution in [2.24, 2.45) is 0 Å². The van der Waals surface area contributed by atoms with E-state index < -0.39 is 0 Å². The van der Waals surface area contributed by atoms with Crippen LogP contribution in [0.1, 0.15) is 5.56 Å². The summed E-state index contributed by atoms with van der Waals surface area (Å²) in [5.41, 5.74) is 1.85. The van der Waals surface area contributed by atoms with E-state index in [1.165, 1.54) is 6.21 Å². The Morgan fingerprint density at radius 2 is 1.81 bits per heavy atom. The molecule has 27 heavy (non-hydrogen) atoms. The number of hydrogen-bond acceptors (Lipinski definition) is 5. The summed E-state index contributed by atoms with van der Waals surface area (Å²) in [7, 11) is 1.60. The van der Waals surface area contributed by atoms with Crippen LogP contribution in [-0.2, 0) is 0 Å². The van der Waals surface area contributed by atoms with Crippen molar-refractivity contribution < 1.29 is 9.47 Å². The molecule has 1 N–H and O–H groups in total. The van der Waals surface area contributed by atoms with Crippen LogP contribution in [0.5, 0.6) is 11.5 Å². The summed E-state index contributed by atoms with van der Waals surface area (Å²) >= 11 is 12.1. The Labute approximate surface area is 169 Å². The van der Waals surface area contributed by atoms with Crippen LogP contribution in [0.2, 0.25) is 10.0 Å². The highest BCUT2D eigenvalue weighted by Crippen LogP contribution is 2.28. The fourth-order valence-corrected chi connectivity index (χ4v) is 3.40. The van der Waals surface area contributed by atoms with E-state index in [1.54, 1.807) is 7.11 Å². The van der Waals surface area contributed by atoms with Gasteiger partial charge in [-0.25, -0.2) is 0 Å². The number of piperazine rings is 1. The van der Waals surface area contributed by atoms with Gasteiger partial charge in [-0.05, 0) is 30.3 Å². The molecule has 1 aliphatic rings.